The van der Waals surface area contributed by atoms with E-state index in [-0.39, 0.29) is 6.10 Å². The molecule has 1 aliphatic heterocycles. The Balaban J connectivity index is 1.44. The fourth-order valence-corrected chi connectivity index (χ4v) is 3.12. The maximum atomic E-state index is 11.6. The molecule has 2 aromatic rings. The van der Waals surface area contributed by atoms with E-state index in [0.29, 0.717) is 36.5 Å². The van der Waals surface area contributed by atoms with Gasteiger partial charge < -0.3 is 31.2 Å². The third-order valence-corrected chi connectivity index (χ3v) is 5.00. The minimum atomic E-state index is -0.549. The minimum Gasteiger partial charge on any atom is -0.489 e. The Morgan fingerprint density at radius 3 is 3.03 bits per heavy atom. The molecule has 30 heavy (non-hydrogen) atoms. The molecule has 1 fully saturated rings. The molecule has 1 amide bonds. The van der Waals surface area contributed by atoms with Crippen LogP contribution in [0.25, 0.3) is 0 Å². The molecule has 0 spiro atoms. The molecule has 2 aliphatic rings. The number of hydrogen-bond donors (Lipinski definition) is 4. The van der Waals surface area contributed by atoms with Gasteiger partial charge in [-0.05, 0) is 37.5 Å². The lowest BCUT2D eigenvalue weighted by Gasteiger charge is -2.14. The molecule has 1 aromatic carbocycles. The molecule has 160 valence electrons. The number of nitrogens with two attached hydrogens (primary N) is 1. The minimum absolute atomic E-state index is 0.0149. The Morgan fingerprint density at radius 2 is 2.27 bits per heavy atom. The van der Waals surface area contributed by atoms with Crippen LogP contribution in [0.15, 0.2) is 24.4 Å². The fraction of sp³-hybridized carbons (Fsp3) is 0.476. The number of nitrogens with one attached hydrogen (secondary N) is 3. The Bertz CT molecular complexity index is 902. The van der Waals surface area contributed by atoms with Crippen molar-refractivity contribution in [1.29, 1.82) is 0 Å². The van der Waals surface area contributed by atoms with Crippen LogP contribution in [-0.2, 0) is 4.74 Å². The zero-order valence-electron chi connectivity index (χ0n) is 17.1. The molecule has 9 nitrogen and oxygen atoms in total. The first-order chi connectivity index (χ1) is 14.6. The van der Waals surface area contributed by atoms with Crippen LogP contribution in [-0.4, -0.2) is 47.8 Å². The number of aromatic nitrogens is 2. The Kier molecular flexibility index (Phi) is 6.18. The van der Waals surface area contributed by atoms with E-state index in [0.717, 1.165) is 49.4 Å². The van der Waals surface area contributed by atoms with Crippen LogP contribution in [0.3, 0.4) is 0 Å². The molecule has 1 aliphatic carbocycles. The molecule has 0 radical (unpaired) electrons. The van der Waals surface area contributed by atoms with Gasteiger partial charge >= 0.3 is 0 Å². The number of carbonyl (C=O) groups is 1. The zero-order chi connectivity index (χ0) is 20.9. The van der Waals surface area contributed by atoms with Gasteiger partial charge in [0.05, 0.1) is 11.3 Å². The third-order valence-electron chi connectivity index (χ3n) is 5.00. The van der Waals surface area contributed by atoms with Crippen molar-refractivity contribution in [2.24, 2.45) is 5.73 Å². The Morgan fingerprint density at radius 1 is 1.40 bits per heavy atom. The zero-order valence-corrected chi connectivity index (χ0v) is 17.1. The van der Waals surface area contributed by atoms with E-state index in [1.807, 2.05) is 18.2 Å². The highest BCUT2D eigenvalue weighted by Gasteiger charge is 2.24. The predicted octanol–water partition coefficient (Wildman–Crippen LogP) is 2.88. The number of benzene rings is 1. The molecule has 0 saturated heterocycles. The summed E-state index contributed by atoms with van der Waals surface area (Å²) in [5, 5.41) is 9.82. The van der Waals surface area contributed by atoms with Gasteiger partial charge in [-0.2, -0.15) is 4.98 Å². The summed E-state index contributed by atoms with van der Waals surface area (Å²) < 4.78 is 11.8. The summed E-state index contributed by atoms with van der Waals surface area (Å²) in [6, 6.07) is 6.09. The average molecular weight is 412 g/mol. The van der Waals surface area contributed by atoms with Gasteiger partial charge in [-0.25, -0.2) is 4.98 Å². The first-order valence-corrected chi connectivity index (χ1v) is 10.4. The average Bonchev–Trinajstić information content (AvgIpc) is 3.56. The molecular formula is C21H28N6O3. The topological polar surface area (TPSA) is 123 Å². The number of nitrogens with zero attached hydrogens (tertiary/aromatic N) is 2. The van der Waals surface area contributed by atoms with Crippen molar-refractivity contribution in [2.45, 2.75) is 44.8 Å². The molecular weight excluding hydrogens is 384 g/mol. The van der Waals surface area contributed by atoms with E-state index in [1.165, 1.54) is 6.20 Å². The van der Waals surface area contributed by atoms with Gasteiger partial charge in [0.2, 0.25) is 5.95 Å². The number of fused-ring (bicyclic) bond motifs is 1. The number of carbonyl (C=O) groups excluding carboxylic acids is 1. The van der Waals surface area contributed by atoms with Crippen molar-refractivity contribution in [3.05, 3.63) is 30.0 Å². The van der Waals surface area contributed by atoms with E-state index < -0.39 is 5.91 Å². The number of unbranched alkanes of at least 4 members (excludes halogenated alkanes) is 1. The van der Waals surface area contributed by atoms with E-state index in [1.54, 1.807) is 0 Å². The lowest BCUT2D eigenvalue weighted by Crippen LogP contribution is -2.27. The standard InChI is InChI=1S/C21H28N6O3/c1-2-3-8-29-15-10-23-17-9-14(6-7-18(17)30-12-15)26-21-24-11-16(19(22)28)20(27-21)25-13-4-5-13/h6-7,9,11,13,15,23H,2-5,8,10,12H2,1H3,(H2,22,28)(H2,24,25,26,27). The molecule has 1 unspecified atom stereocenters. The molecule has 5 N–H and O–H groups in total. The first kappa shape index (κ1) is 20.2. The highest BCUT2D eigenvalue weighted by Crippen LogP contribution is 2.31. The number of hydrogen-bond acceptors (Lipinski definition) is 8. The summed E-state index contributed by atoms with van der Waals surface area (Å²) in [7, 11) is 0. The van der Waals surface area contributed by atoms with Gasteiger partial charge in [0.25, 0.3) is 5.91 Å². The Labute approximate surface area is 175 Å². The summed E-state index contributed by atoms with van der Waals surface area (Å²) in [4.78, 5) is 20.3. The molecule has 1 saturated carbocycles. The highest BCUT2D eigenvalue weighted by atomic mass is 16.5. The van der Waals surface area contributed by atoms with E-state index in [9.17, 15) is 4.79 Å². The molecule has 0 bridgehead atoms. The summed E-state index contributed by atoms with van der Waals surface area (Å²) >= 11 is 0. The monoisotopic (exact) mass is 412 g/mol. The smallest absolute Gasteiger partial charge is 0.254 e. The number of rotatable bonds is 9. The van der Waals surface area contributed by atoms with Gasteiger partial charge in [-0.3, -0.25) is 4.79 Å². The van der Waals surface area contributed by atoms with Gasteiger partial charge in [-0.15, -0.1) is 0 Å². The van der Waals surface area contributed by atoms with Crippen molar-refractivity contribution in [2.75, 3.05) is 35.7 Å². The van der Waals surface area contributed by atoms with Crippen molar-refractivity contribution < 1.29 is 14.3 Å². The maximum Gasteiger partial charge on any atom is 0.254 e. The van der Waals surface area contributed by atoms with Crippen LogP contribution in [0.1, 0.15) is 43.0 Å². The van der Waals surface area contributed by atoms with E-state index >= 15 is 0 Å². The number of ether oxygens (including phenoxy) is 2. The summed E-state index contributed by atoms with van der Waals surface area (Å²) in [6.07, 6.45) is 5.74. The van der Waals surface area contributed by atoms with Crippen LogP contribution in [0.5, 0.6) is 5.75 Å². The van der Waals surface area contributed by atoms with Gasteiger partial charge in [0.1, 0.15) is 24.3 Å². The van der Waals surface area contributed by atoms with Crippen molar-refractivity contribution in [3.8, 4) is 5.75 Å². The van der Waals surface area contributed by atoms with Crippen LogP contribution >= 0.6 is 0 Å². The van der Waals surface area contributed by atoms with E-state index in [4.69, 9.17) is 15.2 Å². The number of primary amides is 1. The second kappa shape index (κ2) is 9.17. The molecule has 1 aromatic heterocycles. The fourth-order valence-electron chi connectivity index (χ4n) is 3.12. The maximum absolute atomic E-state index is 11.6. The van der Waals surface area contributed by atoms with E-state index in [2.05, 4.69) is 32.8 Å². The van der Waals surface area contributed by atoms with Crippen LogP contribution in [0.4, 0.5) is 23.1 Å². The van der Waals surface area contributed by atoms with Crippen molar-refractivity contribution in [1.82, 2.24) is 9.97 Å². The predicted molar refractivity (Wildman–Crippen MR) is 116 cm³/mol. The summed E-state index contributed by atoms with van der Waals surface area (Å²) in [5.41, 5.74) is 7.42. The molecule has 1 atom stereocenters. The number of anilines is 4. The normalized spacial score (nSPS) is 17.8. The summed E-state index contributed by atoms with van der Waals surface area (Å²) in [5.74, 6) is 1.08. The van der Waals surface area contributed by atoms with Gasteiger partial charge in [0.15, 0.2) is 0 Å². The second-order valence-electron chi connectivity index (χ2n) is 7.61. The molecule has 4 rings (SSSR count). The summed E-state index contributed by atoms with van der Waals surface area (Å²) in [6.45, 7) is 4.08. The van der Waals surface area contributed by atoms with Crippen molar-refractivity contribution >= 4 is 29.0 Å². The van der Waals surface area contributed by atoms with Crippen LogP contribution < -0.4 is 26.4 Å². The molecule has 9 heteroatoms. The lowest BCUT2D eigenvalue weighted by molar-refractivity contribution is 0.0299. The highest BCUT2D eigenvalue weighted by molar-refractivity contribution is 5.97. The first-order valence-electron chi connectivity index (χ1n) is 10.4. The SMILES string of the molecule is CCCCOC1CNc2cc(Nc3ncc(C(N)=O)c(NC4CC4)n3)ccc2OC1. The quantitative estimate of drug-likeness (QED) is 0.464. The number of amides is 1. The van der Waals surface area contributed by atoms with Gasteiger partial charge in [0, 0.05) is 31.1 Å². The third kappa shape index (κ3) is 5.10. The van der Waals surface area contributed by atoms with Crippen LogP contribution in [0.2, 0.25) is 0 Å². The Hall–Kier alpha value is -3.07. The van der Waals surface area contributed by atoms with Crippen LogP contribution in [0, 0.1) is 0 Å². The molecule has 2 heterocycles. The largest absolute Gasteiger partial charge is 0.489 e. The van der Waals surface area contributed by atoms with Gasteiger partial charge in [-0.1, -0.05) is 13.3 Å². The lowest BCUT2D eigenvalue weighted by atomic mass is 10.2. The van der Waals surface area contributed by atoms with Crippen molar-refractivity contribution in [3.63, 3.8) is 0 Å². The second-order valence-corrected chi connectivity index (χ2v) is 7.61.